The first kappa shape index (κ1) is 13.7. The van der Waals surface area contributed by atoms with Crippen molar-refractivity contribution in [3.63, 3.8) is 0 Å². The third-order valence-electron chi connectivity index (χ3n) is 5.21. The Kier molecular flexibility index (Phi) is 3.32. The van der Waals surface area contributed by atoms with E-state index in [1.165, 1.54) is 35.9 Å². The van der Waals surface area contributed by atoms with Gasteiger partial charge in [-0.25, -0.2) is 0 Å². The maximum atomic E-state index is 11.5. The van der Waals surface area contributed by atoms with E-state index in [4.69, 9.17) is 0 Å². The third kappa shape index (κ3) is 2.18. The summed E-state index contributed by atoms with van der Waals surface area (Å²) in [5.74, 6) is -1.07. The minimum absolute atomic E-state index is 0.366. The maximum absolute atomic E-state index is 11.5. The van der Waals surface area contributed by atoms with Crippen molar-refractivity contribution in [2.75, 3.05) is 18.0 Å². The van der Waals surface area contributed by atoms with E-state index in [0.29, 0.717) is 0 Å². The van der Waals surface area contributed by atoms with Crippen molar-refractivity contribution >= 4 is 22.6 Å². The molecule has 1 aliphatic carbocycles. The van der Waals surface area contributed by atoms with Crippen molar-refractivity contribution in [1.29, 1.82) is 0 Å². The molecule has 0 amide bonds. The highest BCUT2D eigenvalue weighted by molar-refractivity contribution is 5.90. The molecular weight excluding hydrogens is 276 g/mol. The Hall–Kier alpha value is -1.97. The summed E-state index contributed by atoms with van der Waals surface area (Å²) in [6, 6.07) is 6.56. The zero-order valence-electron chi connectivity index (χ0n) is 12.8. The number of hydrogen-bond donors (Lipinski definition) is 2. The quantitative estimate of drug-likeness (QED) is 0.889. The summed E-state index contributed by atoms with van der Waals surface area (Å²) in [6.07, 6.45) is 6.56. The standard InChI is InChI=1S/C18H22N2O2/c21-18(22)14-6-4-5-13-15-11-12(20-9-2-1-3-10-20)7-8-16(15)19-17(13)14/h7-8,11,14,19H,1-6,9-10H2,(H,21,22). The SMILES string of the molecule is O=C(O)C1CCCc2c1[nH]c1ccc(N3CCCCC3)cc21. The van der Waals surface area contributed by atoms with Crippen molar-refractivity contribution in [3.05, 3.63) is 29.5 Å². The number of aromatic amines is 1. The van der Waals surface area contributed by atoms with Crippen LogP contribution in [0.3, 0.4) is 0 Å². The lowest BCUT2D eigenvalue weighted by Gasteiger charge is -2.29. The fourth-order valence-electron chi connectivity index (χ4n) is 4.05. The first-order valence-electron chi connectivity index (χ1n) is 8.36. The van der Waals surface area contributed by atoms with Crippen LogP contribution in [0.15, 0.2) is 18.2 Å². The van der Waals surface area contributed by atoms with E-state index in [1.54, 1.807) is 0 Å². The number of piperidine rings is 1. The molecule has 1 unspecified atom stereocenters. The minimum Gasteiger partial charge on any atom is -0.481 e. The van der Waals surface area contributed by atoms with E-state index in [9.17, 15) is 9.90 Å². The molecular formula is C18H22N2O2. The Morgan fingerprint density at radius 1 is 1.18 bits per heavy atom. The van der Waals surface area contributed by atoms with E-state index in [-0.39, 0.29) is 5.92 Å². The number of aryl methyl sites for hydroxylation is 1. The second-order valence-corrected chi connectivity index (χ2v) is 6.58. The fraction of sp³-hybridized carbons (Fsp3) is 0.500. The maximum Gasteiger partial charge on any atom is 0.312 e. The Bertz CT molecular complexity index is 713. The Morgan fingerprint density at radius 2 is 2.00 bits per heavy atom. The van der Waals surface area contributed by atoms with Crippen LogP contribution in [-0.2, 0) is 11.2 Å². The first-order chi connectivity index (χ1) is 10.7. The van der Waals surface area contributed by atoms with Gasteiger partial charge in [-0.2, -0.15) is 0 Å². The molecule has 2 aliphatic rings. The average molecular weight is 298 g/mol. The average Bonchev–Trinajstić information content (AvgIpc) is 2.93. The van der Waals surface area contributed by atoms with Crippen LogP contribution in [0.25, 0.3) is 10.9 Å². The van der Waals surface area contributed by atoms with Crippen molar-refractivity contribution in [1.82, 2.24) is 4.98 Å². The van der Waals surface area contributed by atoms with Gasteiger partial charge in [-0.05, 0) is 62.3 Å². The largest absolute Gasteiger partial charge is 0.481 e. The first-order valence-corrected chi connectivity index (χ1v) is 8.36. The lowest BCUT2D eigenvalue weighted by molar-refractivity contribution is -0.139. The number of nitrogens with one attached hydrogen (secondary N) is 1. The number of carboxylic acid groups (broad SMARTS) is 1. The topological polar surface area (TPSA) is 56.3 Å². The number of fused-ring (bicyclic) bond motifs is 3. The lowest BCUT2D eigenvalue weighted by atomic mass is 9.87. The van der Waals surface area contributed by atoms with Gasteiger partial charge in [0.05, 0.1) is 5.92 Å². The van der Waals surface area contributed by atoms with Gasteiger partial charge in [0.1, 0.15) is 0 Å². The molecule has 2 aromatic rings. The molecule has 1 fully saturated rings. The second kappa shape index (κ2) is 5.34. The van der Waals surface area contributed by atoms with Gasteiger partial charge in [0.2, 0.25) is 0 Å². The van der Waals surface area contributed by atoms with Crippen LogP contribution in [0.4, 0.5) is 5.69 Å². The number of benzene rings is 1. The Labute approximate surface area is 130 Å². The van der Waals surface area contributed by atoms with Gasteiger partial charge >= 0.3 is 5.97 Å². The van der Waals surface area contributed by atoms with Gasteiger partial charge in [-0.1, -0.05) is 0 Å². The highest BCUT2D eigenvalue weighted by atomic mass is 16.4. The molecule has 1 aromatic heterocycles. The number of aliphatic carboxylic acids is 1. The summed E-state index contributed by atoms with van der Waals surface area (Å²) in [6.45, 7) is 2.27. The molecule has 0 spiro atoms. The molecule has 116 valence electrons. The van der Waals surface area contributed by atoms with Crippen LogP contribution in [-0.4, -0.2) is 29.1 Å². The number of anilines is 1. The van der Waals surface area contributed by atoms with Crippen LogP contribution in [0.5, 0.6) is 0 Å². The van der Waals surface area contributed by atoms with Gasteiger partial charge in [0.25, 0.3) is 0 Å². The number of carboxylic acids is 1. The fourth-order valence-corrected chi connectivity index (χ4v) is 4.05. The minimum atomic E-state index is -0.705. The lowest BCUT2D eigenvalue weighted by Crippen LogP contribution is -2.29. The van der Waals surface area contributed by atoms with Crippen molar-refractivity contribution in [2.45, 2.75) is 44.4 Å². The Balaban J connectivity index is 1.78. The van der Waals surface area contributed by atoms with Crippen LogP contribution in [0.2, 0.25) is 0 Å². The molecule has 0 bridgehead atoms. The van der Waals surface area contributed by atoms with Crippen LogP contribution in [0.1, 0.15) is 49.3 Å². The van der Waals surface area contributed by atoms with E-state index < -0.39 is 5.97 Å². The smallest absolute Gasteiger partial charge is 0.312 e. The van der Waals surface area contributed by atoms with E-state index in [1.807, 2.05) is 0 Å². The van der Waals surface area contributed by atoms with Gasteiger partial charge in [0.15, 0.2) is 0 Å². The predicted octanol–water partition coefficient (Wildman–Crippen LogP) is 3.66. The normalized spacial score (nSPS) is 21.8. The van der Waals surface area contributed by atoms with Gasteiger partial charge < -0.3 is 15.0 Å². The van der Waals surface area contributed by atoms with E-state index in [2.05, 4.69) is 28.1 Å². The van der Waals surface area contributed by atoms with E-state index >= 15 is 0 Å². The Morgan fingerprint density at radius 3 is 2.77 bits per heavy atom. The molecule has 4 nitrogen and oxygen atoms in total. The third-order valence-corrected chi connectivity index (χ3v) is 5.21. The van der Waals surface area contributed by atoms with Crippen LogP contribution >= 0.6 is 0 Å². The number of carbonyl (C=O) groups is 1. The molecule has 1 atom stereocenters. The zero-order valence-corrected chi connectivity index (χ0v) is 12.8. The van der Waals surface area contributed by atoms with E-state index in [0.717, 1.165) is 43.6 Å². The van der Waals surface area contributed by atoms with Crippen molar-refractivity contribution in [3.8, 4) is 0 Å². The molecule has 4 rings (SSSR count). The molecule has 1 aliphatic heterocycles. The molecule has 2 N–H and O–H groups in total. The molecule has 2 heterocycles. The number of aromatic nitrogens is 1. The number of rotatable bonds is 2. The van der Waals surface area contributed by atoms with Gasteiger partial charge in [-0.15, -0.1) is 0 Å². The second-order valence-electron chi connectivity index (χ2n) is 6.58. The predicted molar refractivity (Wildman–Crippen MR) is 87.7 cm³/mol. The number of hydrogen-bond acceptors (Lipinski definition) is 2. The summed E-state index contributed by atoms with van der Waals surface area (Å²) >= 11 is 0. The van der Waals surface area contributed by atoms with Crippen LogP contribution in [0, 0.1) is 0 Å². The van der Waals surface area contributed by atoms with Crippen molar-refractivity contribution in [2.24, 2.45) is 0 Å². The van der Waals surface area contributed by atoms with Crippen molar-refractivity contribution < 1.29 is 9.90 Å². The summed E-state index contributed by atoms with van der Waals surface area (Å²) in [5.41, 5.74) is 4.53. The zero-order chi connectivity index (χ0) is 15.1. The highest BCUT2D eigenvalue weighted by Crippen LogP contribution is 2.37. The summed E-state index contributed by atoms with van der Waals surface area (Å²) < 4.78 is 0. The van der Waals surface area contributed by atoms with Gasteiger partial charge in [0, 0.05) is 35.4 Å². The summed E-state index contributed by atoms with van der Waals surface area (Å²) in [7, 11) is 0. The van der Waals surface area contributed by atoms with Gasteiger partial charge in [-0.3, -0.25) is 4.79 Å². The molecule has 4 heteroatoms. The van der Waals surface area contributed by atoms with Crippen LogP contribution < -0.4 is 4.90 Å². The molecule has 0 saturated carbocycles. The molecule has 22 heavy (non-hydrogen) atoms. The number of H-pyrrole nitrogens is 1. The highest BCUT2D eigenvalue weighted by Gasteiger charge is 2.29. The summed E-state index contributed by atoms with van der Waals surface area (Å²) in [4.78, 5) is 17.3. The molecule has 1 aromatic carbocycles. The molecule has 1 saturated heterocycles. The summed E-state index contributed by atoms with van der Waals surface area (Å²) in [5, 5.41) is 10.7. The monoisotopic (exact) mass is 298 g/mol. The number of nitrogens with zero attached hydrogens (tertiary/aromatic N) is 1. The molecule has 0 radical (unpaired) electrons.